The lowest BCUT2D eigenvalue weighted by molar-refractivity contribution is 0.227. The largest absolute Gasteiger partial charge is 0.486 e. The molecule has 4 rings (SSSR count). The van der Waals surface area contributed by atoms with Gasteiger partial charge in [0.2, 0.25) is 0 Å². The molecule has 1 aromatic carbocycles. The van der Waals surface area contributed by atoms with E-state index in [2.05, 4.69) is 25.5 Å². The first kappa shape index (κ1) is 25.1. The fourth-order valence-electron chi connectivity index (χ4n) is 3.51. The van der Waals surface area contributed by atoms with Crippen LogP contribution >= 0.6 is 23.2 Å². The van der Waals surface area contributed by atoms with Crippen molar-refractivity contribution >= 4 is 46.0 Å². The molecule has 0 spiro atoms. The van der Waals surface area contributed by atoms with Gasteiger partial charge in [-0.2, -0.15) is 5.10 Å². The molecule has 10 heteroatoms. The van der Waals surface area contributed by atoms with Gasteiger partial charge in [-0.05, 0) is 49.8 Å². The first-order valence-electron chi connectivity index (χ1n) is 11.0. The Hall–Kier alpha value is -3.04. The molecule has 3 aromatic heterocycles. The van der Waals surface area contributed by atoms with E-state index in [1.54, 1.807) is 30.5 Å². The summed E-state index contributed by atoms with van der Waals surface area (Å²) in [5.41, 5.74) is 2.85. The van der Waals surface area contributed by atoms with Gasteiger partial charge in [0.1, 0.15) is 17.5 Å². The lowest BCUT2D eigenvalue weighted by Crippen LogP contribution is -2.28. The lowest BCUT2D eigenvalue weighted by atomic mass is 10.1. The number of benzene rings is 1. The Balaban J connectivity index is 1.54. The molecule has 2 atom stereocenters. The average molecular weight is 516 g/mol. The van der Waals surface area contributed by atoms with E-state index in [4.69, 9.17) is 33.0 Å². The summed E-state index contributed by atoms with van der Waals surface area (Å²) in [4.78, 5) is 8.30. The van der Waals surface area contributed by atoms with Crippen LogP contribution in [0.15, 0.2) is 48.9 Å². The number of pyridine rings is 2. The van der Waals surface area contributed by atoms with E-state index in [9.17, 15) is 0 Å². The van der Waals surface area contributed by atoms with Gasteiger partial charge in [0.25, 0.3) is 0 Å². The number of aromatic amines is 1. The second-order valence-corrected chi connectivity index (χ2v) is 8.91. The monoisotopic (exact) mass is 515 g/mol. The molecule has 0 aliphatic rings. The van der Waals surface area contributed by atoms with E-state index in [-0.39, 0.29) is 18.3 Å². The maximum absolute atomic E-state index is 15.2. The summed E-state index contributed by atoms with van der Waals surface area (Å²) in [6.45, 7) is 4.25. The lowest BCUT2D eigenvalue weighted by Gasteiger charge is -2.17. The average Bonchev–Trinajstić information content (AvgIpc) is 3.26. The zero-order valence-corrected chi connectivity index (χ0v) is 20.6. The number of halogens is 3. The third kappa shape index (κ3) is 5.97. The van der Waals surface area contributed by atoms with Crippen LogP contribution in [-0.2, 0) is 6.54 Å². The smallest absolute Gasteiger partial charge is 0.151 e. The molecule has 0 amide bonds. The highest BCUT2D eigenvalue weighted by Crippen LogP contribution is 2.34. The highest BCUT2D eigenvalue weighted by molar-refractivity contribution is 6.35. The van der Waals surface area contributed by atoms with E-state index in [1.165, 1.54) is 18.5 Å². The summed E-state index contributed by atoms with van der Waals surface area (Å²) in [5.74, 6) is 0.00303. The molecule has 0 fully saturated rings. The van der Waals surface area contributed by atoms with Crippen molar-refractivity contribution in [3.63, 3.8) is 0 Å². The SMILES string of the molecule is CC(Oc1ccc2[nH]nc(/C(F)=C/c3ccc(CN[C@@H](C)CO)nc3)c2c1)c1c(Cl)cncc1Cl. The van der Waals surface area contributed by atoms with Gasteiger partial charge in [0.15, 0.2) is 5.83 Å². The van der Waals surface area contributed by atoms with Gasteiger partial charge in [-0.25, -0.2) is 4.39 Å². The van der Waals surface area contributed by atoms with Crippen LogP contribution in [0.4, 0.5) is 4.39 Å². The summed E-state index contributed by atoms with van der Waals surface area (Å²) >= 11 is 12.5. The molecule has 1 unspecified atom stereocenters. The number of nitrogens with one attached hydrogen (secondary N) is 2. The van der Waals surface area contributed by atoms with Crippen LogP contribution in [0.1, 0.15) is 42.5 Å². The molecule has 7 nitrogen and oxygen atoms in total. The molecule has 35 heavy (non-hydrogen) atoms. The molecular weight excluding hydrogens is 492 g/mol. The second kappa shape index (κ2) is 11.1. The van der Waals surface area contributed by atoms with Crippen molar-refractivity contribution in [2.24, 2.45) is 0 Å². The normalized spacial score (nSPS) is 13.7. The van der Waals surface area contributed by atoms with Crippen molar-refractivity contribution in [3.05, 3.63) is 81.5 Å². The quantitative estimate of drug-likeness (QED) is 0.263. The molecule has 0 saturated heterocycles. The standard InChI is InChI=1S/C25H24Cl2FN5O2/c1-14(13-34)30-10-17-4-3-16(9-31-17)7-22(28)25-19-8-18(5-6-23(19)32-33-25)35-15(2)24-20(26)11-29-12-21(24)27/h3-9,11-12,14-15,30,34H,10,13H2,1-2H3,(H,32,33)/b22-7-/t14-,15?/m0/s1. The summed E-state index contributed by atoms with van der Waals surface area (Å²) in [6.07, 6.45) is 5.53. The van der Waals surface area contributed by atoms with Gasteiger partial charge >= 0.3 is 0 Å². The molecule has 4 aromatic rings. The number of aliphatic hydroxyl groups is 1. The van der Waals surface area contributed by atoms with Crippen LogP contribution in [0.3, 0.4) is 0 Å². The van der Waals surface area contributed by atoms with Gasteiger partial charge in [0.05, 0.1) is 27.9 Å². The molecule has 0 aliphatic heterocycles. The number of fused-ring (bicyclic) bond motifs is 1. The van der Waals surface area contributed by atoms with Crippen molar-refractivity contribution in [2.45, 2.75) is 32.5 Å². The molecular formula is C25H24Cl2FN5O2. The van der Waals surface area contributed by atoms with Crippen LogP contribution in [0.25, 0.3) is 22.8 Å². The minimum absolute atomic E-state index is 0.0303. The number of aromatic nitrogens is 4. The summed E-state index contributed by atoms with van der Waals surface area (Å²) in [5, 5.41) is 20.6. The number of nitrogens with zero attached hydrogens (tertiary/aromatic N) is 3. The van der Waals surface area contributed by atoms with Crippen molar-refractivity contribution in [2.75, 3.05) is 6.61 Å². The third-order valence-corrected chi connectivity index (χ3v) is 6.02. The predicted molar refractivity (Wildman–Crippen MR) is 136 cm³/mol. The van der Waals surface area contributed by atoms with Crippen LogP contribution in [0.5, 0.6) is 5.75 Å². The molecule has 0 radical (unpaired) electrons. The van der Waals surface area contributed by atoms with Gasteiger partial charge in [-0.3, -0.25) is 15.1 Å². The number of aliphatic hydroxyl groups excluding tert-OH is 1. The highest BCUT2D eigenvalue weighted by Gasteiger charge is 2.17. The molecule has 3 N–H and O–H groups in total. The fraction of sp³-hybridized carbons (Fsp3) is 0.240. The molecule has 0 bridgehead atoms. The number of hydrogen-bond donors (Lipinski definition) is 3. The zero-order chi connectivity index (χ0) is 24.9. The van der Waals surface area contributed by atoms with Crippen molar-refractivity contribution in [1.82, 2.24) is 25.5 Å². The summed E-state index contributed by atoms with van der Waals surface area (Å²) < 4.78 is 21.2. The Morgan fingerprint density at radius 1 is 1.17 bits per heavy atom. The van der Waals surface area contributed by atoms with Crippen molar-refractivity contribution in [1.29, 1.82) is 0 Å². The topological polar surface area (TPSA) is 96.0 Å². The minimum Gasteiger partial charge on any atom is -0.486 e. The maximum Gasteiger partial charge on any atom is 0.151 e. The Kier molecular flexibility index (Phi) is 7.97. The molecule has 0 saturated carbocycles. The van der Waals surface area contributed by atoms with E-state index in [1.807, 2.05) is 19.9 Å². The Labute approximate surface area is 212 Å². The minimum atomic E-state index is -0.511. The first-order valence-corrected chi connectivity index (χ1v) is 11.7. The second-order valence-electron chi connectivity index (χ2n) is 8.10. The van der Waals surface area contributed by atoms with Crippen LogP contribution < -0.4 is 10.1 Å². The van der Waals surface area contributed by atoms with Crippen molar-refractivity contribution < 1.29 is 14.2 Å². The van der Waals surface area contributed by atoms with E-state index >= 15 is 4.39 Å². The summed E-state index contributed by atoms with van der Waals surface area (Å²) in [7, 11) is 0. The maximum atomic E-state index is 15.2. The number of H-pyrrole nitrogens is 1. The van der Waals surface area contributed by atoms with Gasteiger partial charge in [-0.1, -0.05) is 29.3 Å². The number of ether oxygens (including phenoxy) is 1. The fourth-order valence-corrected chi connectivity index (χ4v) is 4.18. The Morgan fingerprint density at radius 2 is 1.94 bits per heavy atom. The predicted octanol–water partition coefficient (Wildman–Crippen LogP) is 5.74. The highest BCUT2D eigenvalue weighted by atomic mass is 35.5. The van der Waals surface area contributed by atoms with E-state index < -0.39 is 11.9 Å². The summed E-state index contributed by atoms with van der Waals surface area (Å²) in [6, 6.07) is 8.81. The van der Waals surface area contributed by atoms with E-state index in [0.29, 0.717) is 44.4 Å². The van der Waals surface area contributed by atoms with Crippen LogP contribution in [0.2, 0.25) is 10.0 Å². The molecule has 3 heterocycles. The Morgan fingerprint density at radius 3 is 2.63 bits per heavy atom. The Bertz CT molecular complexity index is 1320. The van der Waals surface area contributed by atoms with E-state index in [0.717, 1.165) is 5.69 Å². The van der Waals surface area contributed by atoms with Crippen LogP contribution in [-0.4, -0.2) is 37.9 Å². The van der Waals surface area contributed by atoms with Gasteiger partial charge in [-0.15, -0.1) is 0 Å². The first-order chi connectivity index (χ1) is 16.9. The van der Waals surface area contributed by atoms with Gasteiger partial charge < -0.3 is 15.2 Å². The third-order valence-electron chi connectivity index (χ3n) is 5.42. The molecule has 0 aliphatic carbocycles. The van der Waals surface area contributed by atoms with Crippen molar-refractivity contribution in [3.8, 4) is 5.75 Å². The van der Waals surface area contributed by atoms with Crippen LogP contribution in [0, 0.1) is 0 Å². The number of hydrogen-bond acceptors (Lipinski definition) is 6. The number of rotatable bonds is 9. The molecule has 182 valence electrons. The zero-order valence-electron chi connectivity index (χ0n) is 19.1. The van der Waals surface area contributed by atoms with Gasteiger partial charge in [0, 0.05) is 42.1 Å².